The van der Waals surface area contributed by atoms with Crippen molar-refractivity contribution >= 4 is 17.3 Å². The number of hydrogen-bond acceptors (Lipinski definition) is 5. The Labute approximate surface area is 111 Å². The molecule has 0 atom stereocenters. The normalized spacial score (nSPS) is 10.9. The summed E-state index contributed by atoms with van der Waals surface area (Å²) in [6, 6.07) is 0. The van der Waals surface area contributed by atoms with Crippen molar-refractivity contribution in [3.8, 4) is 0 Å². The molecule has 0 unspecified atom stereocenters. The Morgan fingerprint density at radius 1 is 1.33 bits per heavy atom. The second-order valence-corrected chi connectivity index (χ2v) is 5.41. The molecule has 0 saturated heterocycles. The highest BCUT2D eigenvalue weighted by atomic mass is 32.1. The van der Waals surface area contributed by atoms with Gasteiger partial charge in [-0.1, -0.05) is 0 Å². The Bertz CT molecular complexity index is 514. The van der Waals surface area contributed by atoms with Crippen molar-refractivity contribution in [2.45, 2.75) is 20.0 Å². The van der Waals surface area contributed by atoms with Crippen molar-refractivity contribution in [3.05, 3.63) is 28.0 Å². The maximum Gasteiger partial charge on any atom is 0.204 e. The second-order valence-electron chi connectivity index (χ2n) is 4.47. The van der Waals surface area contributed by atoms with Crippen LogP contribution in [0.3, 0.4) is 0 Å². The van der Waals surface area contributed by atoms with Gasteiger partial charge in [-0.15, -0.1) is 11.3 Å². The molecule has 0 bridgehead atoms. The fraction of sp³-hybridized carbons (Fsp3) is 0.500. The molecule has 2 heterocycles. The molecule has 5 nitrogen and oxygen atoms in total. The molecule has 2 aromatic rings. The van der Waals surface area contributed by atoms with E-state index < -0.39 is 0 Å². The van der Waals surface area contributed by atoms with Crippen LogP contribution in [-0.4, -0.2) is 28.6 Å². The number of rotatable bonds is 5. The van der Waals surface area contributed by atoms with Gasteiger partial charge >= 0.3 is 0 Å². The summed E-state index contributed by atoms with van der Waals surface area (Å²) in [4.78, 5) is 11.9. The van der Waals surface area contributed by atoms with Gasteiger partial charge < -0.3 is 14.8 Å². The molecule has 2 rings (SSSR count). The number of nitrogens with zero attached hydrogens (tertiary/aromatic N) is 4. The molecule has 0 aliphatic heterocycles. The van der Waals surface area contributed by atoms with Crippen molar-refractivity contribution in [2.75, 3.05) is 19.0 Å². The minimum atomic E-state index is 0.814. The average Bonchev–Trinajstić information content (AvgIpc) is 2.87. The van der Waals surface area contributed by atoms with Crippen LogP contribution in [0.1, 0.15) is 16.3 Å². The molecule has 6 heteroatoms. The maximum atomic E-state index is 4.39. The molecule has 98 valence electrons. The minimum absolute atomic E-state index is 0.814. The lowest BCUT2D eigenvalue weighted by molar-refractivity contribution is 0.657. The predicted molar refractivity (Wildman–Crippen MR) is 74.9 cm³/mol. The topological polar surface area (TPSA) is 46.0 Å². The quantitative estimate of drug-likeness (QED) is 0.891. The molecule has 2 aromatic heterocycles. The number of aromatic nitrogens is 3. The van der Waals surface area contributed by atoms with Crippen molar-refractivity contribution < 1.29 is 0 Å². The molecule has 0 spiro atoms. The summed E-state index contributed by atoms with van der Waals surface area (Å²) in [6.45, 7) is 3.72. The summed E-state index contributed by atoms with van der Waals surface area (Å²) >= 11 is 1.69. The summed E-state index contributed by atoms with van der Waals surface area (Å²) in [5.41, 5.74) is 4.19. The monoisotopic (exact) mass is 265 g/mol. The first-order valence-electron chi connectivity index (χ1n) is 5.87. The van der Waals surface area contributed by atoms with Crippen LogP contribution in [0.25, 0.3) is 0 Å². The van der Waals surface area contributed by atoms with Crippen LogP contribution >= 0.6 is 11.3 Å². The Hall–Kier alpha value is -1.40. The van der Waals surface area contributed by atoms with Crippen molar-refractivity contribution in [1.82, 2.24) is 19.9 Å². The third kappa shape index (κ3) is 2.70. The maximum absolute atomic E-state index is 4.39. The summed E-state index contributed by atoms with van der Waals surface area (Å²) in [5.74, 6) is 0.973. The molecular weight excluding hydrogens is 246 g/mol. The predicted octanol–water partition coefficient (Wildman–Crippen LogP) is 1.54. The van der Waals surface area contributed by atoms with Crippen LogP contribution in [0.15, 0.2) is 11.7 Å². The van der Waals surface area contributed by atoms with E-state index in [-0.39, 0.29) is 0 Å². The van der Waals surface area contributed by atoms with Gasteiger partial charge in [0.2, 0.25) is 5.95 Å². The fourth-order valence-electron chi connectivity index (χ4n) is 1.81. The number of nitrogens with one attached hydrogen (secondary N) is 1. The summed E-state index contributed by atoms with van der Waals surface area (Å²) in [7, 11) is 6.04. The summed E-state index contributed by atoms with van der Waals surface area (Å²) < 4.78 is 2.10. The Kier molecular flexibility index (Phi) is 3.98. The van der Waals surface area contributed by atoms with Crippen LogP contribution in [-0.2, 0) is 20.1 Å². The first-order valence-corrected chi connectivity index (χ1v) is 6.75. The van der Waals surface area contributed by atoms with Gasteiger partial charge in [-0.2, -0.15) is 0 Å². The SMILES string of the molecule is Cc1ncsc1CNCc1cnc(N(C)C)n1C. The Balaban J connectivity index is 1.93. The molecular formula is C12H19N5S. The van der Waals surface area contributed by atoms with E-state index in [1.165, 1.54) is 10.6 Å². The molecule has 1 N–H and O–H groups in total. The zero-order valence-corrected chi connectivity index (χ0v) is 12.1. The lowest BCUT2D eigenvalue weighted by atomic mass is 10.4. The molecule has 0 aromatic carbocycles. The number of hydrogen-bond donors (Lipinski definition) is 1. The summed E-state index contributed by atoms with van der Waals surface area (Å²) in [6.07, 6.45) is 1.92. The molecule has 0 fully saturated rings. The van der Waals surface area contributed by atoms with E-state index >= 15 is 0 Å². The van der Waals surface area contributed by atoms with Crippen molar-refractivity contribution in [2.24, 2.45) is 7.05 Å². The van der Waals surface area contributed by atoms with E-state index in [2.05, 4.69) is 19.9 Å². The second kappa shape index (κ2) is 5.49. The zero-order valence-electron chi connectivity index (χ0n) is 11.3. The van der Waals surface area contributed by atoms with Crippen LogP contribution in [0, 0.1) is 6.92 Å². The van der Waals surface area contributed by atoms with Gasteiger partial charge in [0.25, 0.3) is 0 Å². The van der Waals surface area contributed by atoms with Gasteiger partial charge in [0, 0.05) is 39.1 Å². The Morgan fingerprint density at radius 2 is 2.11 bits per heavy atom. The van der Waals surface area contributed by atoms with Crippen LogP contribution in [0.2, 0.25) is 0 Å². The first-order chi connectivity index (χ1) is 8.59. The van der Waals surface area contributed by atoms with Crippen molar-refractivity contribution in [1.29, 1.82) is 0 Å². The third-order valence-electron chi connectivity index (χ3n) is 2.90. The van der Waals surface area contributed by atoms with Gasteiger partial charge in [0.1, 0.15) is 0 Å². The molecule has 0 aliphatic rings. The number of thiazole rings is 1. The van der Waals surface area contributed by atoms with Gasteiger partial charge in [-0.3, -0.25) is 0 Å². The lowest BCUT2D eigenvalue weighted by Crippen LogP contribution is -2.18. The largest absolute Gasteiger partial charge is 0.348 e. The molecule has 0 radical (unpaired) electrons. The zero-order chi connectivity index (χ0) is 13.1. The van der Waals surface area contributed by atoms with Gasteiger partial charge in [-0.05, 0) is 6.92 Å². The van der Waals surface area contributed by atoms with E-state index in [1.807, 2.05) is 44.7 Å². The highest BCUT2D eigenvalue weighted by Gasteiger charge is 2.08. The van der Waals surface area contributed by atoms with Gasteiger partial charge in [0.05, 0.1) is 23.1 Å². The highest BCUT2D eigenvalue weighted by Crippen LogP contribution is 2.13. The lowest BCUT2D eigenvalue weighted by Gasteiger charge is -2.12. The molecule has 0 saturated carbocycles. The Morgan fingerprint density at radius 3 is 2.67 bits per heavy atom. The van der Waals surface area contributed by atoms with Gasteiger partial charge in [-0.25, -0.2) is 9.97 Å². The molecule has 0 amide bonds. The number of anilines is 1. The number of aryl methyl sites for hydroxylation is 1. The van der Waals surface area contributed by atoms with E-state index in [9.17, 15) is 0 Å². The van der Waals surface area contributed by atoms with Crippen molar-refractivity contribution in [3.63, 3.8) is 0 Å². The first kappa shape index (κ1) is 13.0. The minimum Gasteiger partial charge on any atom is -0.348 e. The molecule has 0 aliphatic carbocycles. The third-order valence-corrected chi connectivity index (χ3v) is 3.83. The summed E-state index contributed by atoms with van der Waals surface area (Å²) in [5, 5.41) is 3.43. The van der Waals surface area contributed by atoms with E-state index in [1.54, 1.807) is 11.3 Å². The standard InChI is InChI=1S/C12H19N5S/c1-9-11(18-8-15-9)7-13-5-10-6-14-12(16(2)3)17(10)4/h6,8,13H,5,7H2,1-4H3. The van der Waals surface area contributed by atoms with Crippen LogP contribution in [0.4, 0.5) is 5.95 Å². The number of imidazole rings is 1. The smallest absolute Gasteiger partial charge is 0.204 e. The molecule has 18 heavy (non-hydrogen) atoms. The highest BCUT2D eigenvalue weighted by molar-refractivity contribution is 7.09. The van der Waals surface area contributed by atoms with E-state index in [0.717, 1.165) is 24.7 Å². The van der Waals surface area contributed by atoms with E-state index in [0.29, 0.717) is 0 Å². The average molecular weight is 265 g/mol. The van der Waals surface area contributed by atoms with Gasteiger partial charge in [0.15, 0.2) is 0 Å². The van der Waals surface area contributed by atoms with E-state index in [4.69, 9.17) is 0 Å². The van der Waals surface area contributed by atoms with Crippen LogP contribution in [0.5, 0.6) is 0 Å². The fourth-order valence-corrected chi connectivity index (χ4v) is 2.56. The van der Waals surface area contributed by atoms with Crippen LogP contribution < -0.4 is 10.2 Å².